The molecule has 3 aromatic rings. The molecule has 1 heterocycles. The molecule has 0 saturated heterocycles. The van der Waals surface area contributed by atoms with E-state index in [2.05, 4.69) is 5.32 Å². The van der Waals surface area contributed by atoms with E-state index in [9.17, 15) is 19.5 Å². The van der Waals surface area contributed by atoms with E-state index in [-0.39, 0.29) is 6.54 Å². The summed E-state index contributed by atoms with van der Waals surface area (Å²) < 4.78 is 0. The number of carboxylic acids is 1. The molecule has 180 valence electrons. The average Bonchev–Trinajstić information content (AvgIpc) is 2.97. The van der Waals surface area contributed by atoms with Crippen molar-refractivity contribution in [2.45, 2.75) is 32.0 Å². The smallest absolute Gasteiger partial charge is 0.327 e. The normalized spacial score (nSPS) is 15.3. The molecule has 0 bridgehead atoms. The lowest BCUT2D eigenvalue weighted by molar-refractivity contribution is -0.142. The van der Waals surface area contributed by atoms with E-state index in [1.54, 1.807) is 35.2 Å². The number of hydrogen-bond acceptors (Lipinski definition) is 4. The van der Waals surface area contributed by atoms with Gasteiger partial charge in [0.25, 0.3) is 0 Å². The van der Waals surface area contributed by atoms with Crippen LogP contribution in [0.2, 0.25) is 0 Å². The van der Waals surface area contributed by atoms with Crippen LogP contribution in [0.5, 0.6) is 0 Å². The van der Waals surface area contributed by atoms with Gasteiger partial charge in [-0.25, -0.2) is 4.79 Å². The average molecular weight is 473 g/mol. The van der Waals surface area contributed by atoms with Crippen LogP contribution in [0, 0.1) is 0 Å². The molecule has 1 aliphatic rings. The predicted molar refractivity (Wildman–Crippen MR) is 134 cm³/mol. The number of nitrogens with two attached hydrogens (primary N) is 1. The summed E-state index contributed by atoms with van der Waals surface area (Å²) in [5, 5.41) is 12.5. The second-order valence-electron chi connectivity index (χ2n) is 8.44. The van der Waals surface area contributed by atoms with Gasteiger partial charge in [0.05, 0.1) is 12.1 Å². The summed E-state index contributed by atoms with van der Waals surface area (Å²) in [7, 11) is 0. The third-order valence-electron chi connectivity index (χ3n) is 6.03. The summed E-state index contributed by atoms with van der Waals surface area (Å²) in [4.78, 5) is 41.9. The van der Waals surface area contributed by atoms with Crippen molar-refractivity contribution in [2.24, 2.45) is 5.73 Å². The van der Waals surface area contributed by atoms with Crippen LogP contribution in [-0.4, -0.2) is 40.5 Å². The van der Waals surface area contributed by atoms with Crippen molar-refractivity contribution in [2.75, 3.05) is 16.8 Å². The Morgan fingerprint density at radius 2 is 1.69 bits per heavy atom. The maximum Gasteiger partial charge on any atom is 0.327 e. The van der Waals surface area contributed by atoms with Gasteiger partial charge in [-0.2, -0.15) is 0 Å². The van der Waals surface area contributed by atoms with Crippen molar-refractivity contribution in [3.63, 3.8) is 0 Å². The van der Waals surface area contributed by atoms with Gasteiger partial charge < -0.3 is 21.1 Å². The van der Waals surface area contributed by atoms with Crippen LogP contribution in [0.1, 0.15) is 23.1 Å². The summed E-state index contributed by atoms with van der Waals surface area (Å²) in [6.45, 7) is 0.998. The molecular formula is C27H28N4O4. The third kappa shape index (κ3) is 5.67. The van der Waals surface area contributed by atoms with Gasteiger partial charge >= 0.3 is 12.0 Å². The quantitative estimate of drug-likeness (QED) is 0.486. The van der Waals surface area contributed by atoms with Gasteiger partial charge in [-0.15, -0.1) is 0 Å². The lowest BCUT2D eigenvalue weighted by Crippen LogP contribution is -2.51. The van der Waals surface area contributed by atoms with Crippen LogP contribution in [0.25, 0.3) is 0 Å². The standard InChI is InChI=1S/C27H28N4O4/c28-17-20-9-6-11-22(15-20)29-27(35)31-23-12-5-4-10-21(23)18-30(26(34)24(31)16-25(32)33)14-13-19-7-2-1-3-8-19/h1-12,15,24H,13-14,16-18,28H2,(H,29,35)(H,32,33). The molecule has 35 heavy (non-hydrogen) atoms. The first-order chi connectivity index (χ1) is 17.0. The molecule has 0 saturated carbocycles. The topological polar surface area (TPSA) is 116 Å². The van der Waals surface area contributed by atoms with Crippen LogP contribution in [0.4, 0.5) is 16.2 Å². The lowest BCUT2D eigenvalue weighted by Gasteiger charge is -2.30. The van der Waals surface area contributed by atoms with E-state index in [0.29, 0.717) is 30.9 Å². The number of fused-ring (bicyclic) bond motifs is 1. The summed E-state index contributed by atoms with van der Waals surface area (Å²) in [5.74, 6) is -1.56. The molecular weight excluding hydrogens is 444 g/mol. The number of rotatable bonds is 7. The Morgan fingerprint density at radius 1 is 0.971 bits per heavy atom. The highest BCUT2D eigenvalue weighted by atomic mass is 16.4. The first-order valence-electron chi connectivity index (χ1n) is 11.5. The highest BCUT2D eigenvalue weighted by Crippen LogP contribution is 2.31. The minimum absolute atomic E-state index is 0.282. The van der Waals surface area contributed by atoms with Crippen molar-refractivity contribution >= 4 is 29.3 Å². The number of urea groups is 1. The molecule has 0 aromatic heterocycles. The second kappa shape index (κ2) is 10.8. The van der Waals surface area contributed by atoms with E-state index >= 15 is 0 Å². The van der Waals surface area contributed by atoms with Crippen LogP contribution in [0.15, 0.2) is 78.9 Å². The summed E-state index contributed by atoms with van der Waals surface area (Å²) in [6.07, 6.45) is 0.109. The van der Waals surface area contributed by atoms with E-state index in [0.717, 1.165) is 16.7 Å². The fourth-order valence-corrected chi connectivity index (χ4v) is 4.30. The molecule has 4 rings (SSSR count). The van der Waals surface area contributed by atoms with Gasteiger partial charge in [-0.3, -0.25) is 14.5 Å². The first-order valence-corrected chi connectivity index (χ1v) is 11.5. The van der Waals surface area contributed by atoms with Gasteiger partial charge in [0.2, 0.25) is 5.91 Å². The van der Waals surface area contributed by atoms with Crippen molar-refractivity contribution in [1.82, 2.24) is 4.90 Å². The molecule has 0 radical (unpaired) electrons. The predicted octanol–water partition coefficient (Wildman–Crippen LogP) is 3.61. The minimum atomic E-state index is -1.19. The van der Waals surface area contributed by atoms with E-state index < -0.39 is 30.4 Å². The van der Waals surface area contributed by atoms with E-state index in [4.69, 9.17) is 5.73 Å². The largest absolute Gasteiger partial charge is 0.481 e. The first kappa shape index (κ1) is 24.0. The second-order valence-corrected chi connectivity index (χ2v) is 8.44. The van der Waals surface area contributed by atoms with Gasteiger partial charge in [0.1, 0.15) is 6.04 Å². The van der Waals surface area contributed by atoms with Crippen LogP contribution >= 0.6 is 0 Å². The van der Waals surface area contributed by atoms with Gasteiger partial charge in [-0.1, -0.05) is 60.7 Å². The molecule has 1 atom stereocenters. The number of amides is 3. The highest BCUT2D eigenvalue weighted by molar-refractivity contribution is 6.08. The van der Waals surface area contributed by atoms with Crippen molar-refractivity contribution in [1.29, 1.82) is 0 Å². The minimum Gasteiger partial charge on any atom is -0.481 e. The zero-order chi connectivity index (χ0) is 24.8. The Hall–Kier alpha value is -4.17. The van der Waals surface area contributed by atoms with Gasteiger partial charge in [0.15, 0.2) is 0 Å². The molecule has 0 fully saturated rings. The molecule has 8 nitrogen and oxygen atoms in total. The number of nitrogens with one attached hydrogen (secondary N) is 1. The molecule has 0 spiro atoms. The fourth-order valence-electron chi connectivity index (χ4n) is 4.30. The van der Waals surface area contributed by atoms with Crippen molar-refractivity contribution in [3.05, 3.63) is 95.6 Å². The molecule has 8 heteroatoms. The Bertz CT molecular complexity index is 1210. The van der Waals surface area contributed by atoms with Crippen molar-refractivity contribution < 1.29 is 19.5 Å². The molecule has 1 aliphatic heterocycles. The van der Waals surface area contributed by atoms with Crippen molar-refractivity contribution in [3.8, 4) is 0 Å². The van der Waals surface area contributed by atoms with E-state index in [1.165, 1.54) is 4.90 Å². The number of carboxylic acid groups (broad SMARTS) is 1. The molecule has 3 amide bonds. The number of carbonyl (C=O) groups excluding carboxylic acids is 2. The van der Waals surface area contributed by atoms with Crippen LogP contribution in [0.3, 0.4) is 0 Å². The van der Waals surface area contributed by atoms with Gasteiger partial charge in [0, 0.05) is 25.3 Å². The number of para-hydroxylation sites is 1. The highest BCUT2D eigenvalue weighted by Gasteiger charge is 2.39. The fraction of sp³-hybridized carbons (Fsp3) is 0.222. The summed E-state index contributed by atoms with van der Waals surface area (Å²) in [5.41, 5.74) is 9.43. The molecule has 4 N–H and O–H groups in total. The zero-order valence-electron chi connectivity index (χ0n) is 19.3. The van der Waals surface area contributed by atoms with Crippen LogP contribution < -0.4 is 16.0 Å². The monoisotopic (exact) mass is 472 g/mol. The molecule has 0 aliphatic carbocycles. The Balaban J connectivity index is 1.68. The number of nitrogens with zero attached hydrogens (tertiary/aromatic N) is 2. The molecule has 3 aromatic carbocycles. The Labute approximate surface area is 204 Å². The zero-order valence-corrected chi connectivity index (χ0v) is 19.3. The Morgan fingerprint density at radius 3 is 2.43 bits per heavy atom. The number of hydrogen-bond donors (Lipinski definition) is 3. The van der Waals surface area contributed by atoms with Crippen LogP contribution in [-0.2, 0) is 29.1 Å². The number of carbonyl (C=O) groups is 3. The number of anilines is 2. The maximum absolute atomic E-state index is 13.7. The Kier molecular flexibility index (Phi) is 7.42. The number of aliphatic carboxylic acids is 1. The number of benzene rings is 3. The van der Waals surface area contributed by atoms with Gasteiger partial charge in [-0.05, 0) is 41.3 Å². The van der Waals surface area contributed by atoms with E-state index in [1.807, 2.05) is 48.5 Å². The third-order valence-corrected chi connectivity index (χ3v) is 6.03. The lowest BCUT2D eigenvalue weighted by atomic mass is 10.1. The summed E-state index contributed by atoms with van der Waals surface area (Å²) in [6, 6.07) is 22.3. The maximum atomic E-state index is 13.7. The summed E-state index contributed by atoms with van der Waals surface area (Å²) >= 11 is 0. The SMILES string of the molecule is NCc1cccc(NC(=O)N2c3ccccc3CN(CCc3ccccc3)C(=O)C2CC(=O)O)c1. The molecule has 1 unspecified atom stereocenters.